The summed E-state index contributed by atoms with van der Waals surface area (Å²) in [7, 11) is 0. The monoisotopic (exact) mass is 180 g/mol. The van der Waals surface area contributed by atoms with Gasteiger partial charge >= 0.3 is 0 Å². The van der Waals surface area contributed by atoms with Crippen molar-refractivity contribution < 1.29 is 0 Å². The number of rotatable bonds is 0. The molecular formula is C13H24. The van der Waals surface area contributed by atoms with E-state index < -0.39 is 0 Å². The fraction of sp³-hybridized carbons (Fsp3) is 1.00. The highest BCUT2D eigenvalue weighted by atomic mass is 14.5. The first-order valence-electron chi connectivity index (χ1n) is 5.91. The molecule has 2 aliphatic carbocycles. The minimum absolute atomic E-state index is 0.685. The van der Waals surface area contributed by atoms with Gasteiger partial charge in [0.2, 0.25) is 0 Å². The van der Waals surface area contributed by atoms with Crippen LogP contribution in [0.5, 0.6) is 0 Å². The molecule has 0 aromatic heterocycles. The van der Waals surface area contributed by atoms with Gasteiger partial charge in [-0.25, -0.2) is 0 Å². The first kappa shape index (κ1) is 9.55. The molecule has 2 aliphatic rings. The van der Waals surface area contributed by atoms with Crippen molar-refractivity contribution in [3.8, 4) is 0 Å². The molecule has 2 rings (SSSR count). The first-order valence-corrected chi connectivity index (χ1v) is 5.91. The van der Waals surface area contributed by atoms with Gasteiger partial charge < -0.3 is 0 Å². The molecule has 76 valence electrons. The fourth-order valence-electron chi connectivity index (χ4n) is 5.00. The van der Waals surface area contributed by atoms with Gasteiger partial charge in [0.05, 0.1) is 0 Å². The van der Waals surface area contributed by atoms with E-state index in [9.17, 15) is 0 Å². The molecule has 0 saturated heterocycles. The van der Waals surface area contributed by atoms with Gasteiger partial charge in [0, 0.05) is 0 Å². The lowest BCUT2D eigenvalue weighted by Gasteiger charge is -2.54. The molecule has 0 heteroatoms. The van der Waals surface area contributed by atoms with E-state index in [1.807, 2.05) is 0 Å². The Balaban J connectivity index is 2.22. The summed E-state index contributed by atoms with van der Waals surface area (Å²) in [6.45, 7) is 9.95. The minimum Gasteiger partial charge on any atom is -0.0625 e. The van der Waals surface area contributed by atoms with Crippen LogP contribution < -0.4 is 0 Å². The van der Waals surface area contributed by atoms with Crippen LogP contribution in [-0.4, -0.2) is 0 Å². The largest absolute Gasteiger partial charge is 0.0625 e. The van der Waals surface area contributed by atoms with Crippen LogP contribution >= 0.6 is 0 Å². The molecule has 0 nitrogen and oxygen atoms in total. The normalized spacial score (nSPS) is 56.3. The molecule has 0 aromatic carbocycles. The first-order chi connectivity index (χ1) is 5.91. The smallest absolute Gasteiger partial charge is 0.0316 e. The van der Waals surface area contributed by atoms with E-state index in [2.05, 4.69) is 27.7 Å². The van der Waals surface area contributed by atoms with Crippen LogP contribution in [0.25, 0.3) is 0 Å². The molecule has 0 amide bonds. The van der Waals surface area contributed by atoms with Crippen LogP contribution in [0.1, 0.15) is 59.8 Å². The Morgan fingerprint density at radius 1 is 0.769 bits per heavy atom. The maximum absolute atomic E-state index is 2.52. The third-order valence-corrected chi connectivity index (χ3v) is 4.22. The van der Waals surface area contributed by atoms with Crippen LogP contribution in [0.4, 0.5) is 0 Å². The molecule has 0 unspecified atom stereocenters. The Morgan fingerprint density at radius 2 is 1.08 bits per heavy atom. The summed E-state index contributed by atoms with van der Waals surface area (Å²) < 4.78 is 0. The Morgan fingerprint density at radius 3 is 1.38 bits per heavy atom. The molecule has 0 spiro atoms. The second-order valence-corrected chi connectivity index (χ2v) is 6.82. The van der Waals surface area contributed by atoms with Gasteiger partial charge in [-0.2, -0.15) is 0 Å². The van der Waals surface area contributed by atoms with Crippen molar-refractivity contribution in [1.29, 1.82) is 0 Å². The molecule has 0 N–H and O–H groups in total. The molecule has 13 heavy (non-hydrogen) atoms. The van der Waals surface area contributed by atoms with Gasteiger partial charge in [-0.3, -0.25) is 0 Å². The van der Waals surface area contributed by atoms with Crippen LogP contribution in [-0.2, 0) is 0 Å². The zero-order chi connectivity index (χ0) is 9.69. The van der Waals surface area contributed by atoms with Gasteiger partial charge in [0.1, 0.15) is 0 Å². The zero-order valence-electron chi connectivity index (χ0n) is 9.69. The van der Waals surface area contributed by atoms with E-state index in [0.29, 0.717) is 10.8 Å². The standard InChI is InChI=1S/C13H24/c1-10-5-12(3)7-11(2)8-13(4,6-10)9-12/h10-11H,5-9H2,1-4H3. The third-order valence-electron chi connectivity index (χ3n) is 4.22. The summed E-state index contributed by atoms with van der Waals surface area (Å²) in [4.78, 5) is 0. The highest BCUT2D eigenvalue weighted by molar-refractivity contribution is 4.97. The van der Waals surface area contributed by atoms with Crippen molar-refractivity contribution in [2.45, 2.75) is 59.8 Å². The van der Waals surface area contributed by atoms with Crippen molar-refractivity contribution in [3.63, 3.8) is 0 Å². The predicted octanol–water partition coefficient (Wildman–Crippen LogP) is 4.25. The quantitative estimate of drug-likeness (QED) is 0.523. The number of hydrogen-bond donors (Lipinski definition) is 0. The summed E-state index contributed by atoms with van der Waals surface area (Å²) >= 11 is 0. The Bertz CT molecular complexity index is 170. The van der Waals surface area contributed by atoms with E-state index in [4.69, 9.17) is 0 Å². The lowest BCUT2D eigenvalue weighted by molar-refractivity contribution is -0.0276. The van der Waals surface area contributed by atoms with Crippen molar-refractivity contribution in [2.75, 3.05) is 0 Å². The topological polar surface area (TPSA) is 0 Å². The molecular weight excluding hydrogens is 156 g/mol. The maximum atomic E-state index is 2.52. The highest BCUT2D eigenvalue weighted by Crippen LogP contribution is 2.58. The van der Waals surface area contributed by atoms with Gasteiger partial charge in [-0.1, -0.05) is 27.7 Å². The average molecular weight is 180 g/mol. The van der Waals surface area contributed by atoms with Crippen molar-refractivity contribution >= 4 is 0 Å². The number of hydrogen-bond acceptors (Lipinski definition) is 0. The average Bonchev–Trinajstić information content (AvgIpc) is 1.75. The van der Waals surface area contributed by atoms with Crippen molar-refractivity contribution in [3.05, 3.63) is 0 Å². The number of fused-ring (bicyclic) bond motifs is 2. The van der Waals surface area contributed by atoms with Gasteiger partial charge in [0.25, 0.3) is 0 Å². The predicted molar refractivity (Wildman–Crippen MR) is 57.6 cm³/mol. The maximum Gasteiger partial charge on any atom is -0.0316 e. The molecule has 2 fully saturated rings. The lowest BCUT2D eigenvalue weighted by Crippen LogP contribution is -2.42. The molecule has 0 aliphatic heterocycles. The molecule has 0 atom stereocenters. The van der Waals surface area contributed by atoms with E-state index in [-0.39, 0.29) is 0 Å². The summed E-state index contributed by atoms with van der Waals surface area (Å²) in [6, 6.07) is 0. The van der Waals surface area contributed by atoms with Gasteiger partial charge in [0.15, 0.2) is 0 Å². The lowest BCUT2D eigenvalue weighted by atomic mass is 9.52. The second kappa shape index (κ2) is 2.74. The molecule has 0 heterocycles. The van der Waals surface area contributed by atoms with E-state index >= 15 is 0 Å². The summed E-state index contributed by atoms with van der Waals surface area (Å²) in [5.74, 6) is 1.94. The molecule has 0 aromatic rings. The van der Waals surface area contributed by atoms with E-state index in [1.54, 1.807) is 0 Å². The van der Waals surface area contributed by atoms with Gasteiger partial charge in [-0.05, 0) is 54.8 Å². The van der Waals surface area contributed by atoms with Crippen LogP contribution in [0.3, 0.4) is 0 Å². The Hall–Kier alpha value is 0. The summed E-state index contributed by atoms with van der Waals surface area (Å²) in [5.41, 5.74) is 1.37. The van der Waals surface area contributed by atoms with E-state index in [1.165, 1.54) is 32.1 Å². The van der Waals surface area contributed by atoms with Crippen LogP contribution in [0.2, 0.25) is 0 Å². The van der Waals surface area contributed by atoms with E-state index in [0.717, 1.165) is 11.8 Å². The van der Waals surface area contributed by atoms with Crippen LogP contribution in [0.15, 0.2) is 0 Å². The van der Waals surface area contributed by atoms with Gasteiger partial charge in [-0.15, -0.1) is 0 Å². The minimum atomic E-state index is 0.685. The second-order valence-electron chi connectivity index (χ2n) is 6.82. The highest BCUT2D eigenvalue weighted by Gasteiger charge is 2.46. The SMILES string of the molecule is CC1CC2(C)CC(C)CC(C)(C1)C2. The molecule has 2 bridgehead atoms. The van der Waals surface area contributed by atoms with Crippen molar-refractivity contribution in [2.24, 2.45) is 22.7 Å². The Kier molecular flexibility index (Phi) is 2.02. The molecule has 2 saturated carbocycles. The van der Waals surface area contributed by atoms with Crippen LogP contribution in [0, 0.1) is 22.7 Å². The fourth-order valence-corrected chi connectivity index (χ4v) is 5.00. The zero-order valence-corrected chi connectivity index (χ0v) is 9.69. The Labute approximate surface area is 83.1 Å². The molecule has 0 radical (unpaired) electrons. The third kappa shape index (κ3) is 1.78. The summed E-state index contributed by atoms with van der Waals surface area (Å²) in [6.07, 6.45) is 7.41. The summed E-state index contributed by atoms with van der Waals surface area (Å²) in [5, 5.41) is 0. The van der Waals surface area contributed by atoms with Crippen molar-refractivity contribution in [1.82, 2.24) is 0 Å².